The Hall–Kier alpha value is -0.580. The van der Waals surface area contributed by atoms with Crippen LogP contribution in [0.4, 0.5) is 0 Å². The normalized spacial score (nSPS) is 23.0. The van der Waals surface area contributed by atoms with Gasteiger partial charge in [-0.25, -0.2) is 0 Å². The summed E-state index contributed by atoms with van der Waals surface area (Å²) in [6.45, 7) is 6.17. The highest BCUT2D eigenvalue weighted by atomic mass is 79.9. The van der Waals surface area contributed by atoms with Gasteiger partial charge in [-0.3, -0.25) is 0 Å². The van der Waals surface area contributed by atoms with Gasteiger partial charge < -0.3 is 14.8 Å². The van der Waals surface area contributed by atoms with Gasteiger partial charge in [0.05, 0.1) is 13.2 Å². The summed E-state index contributed by atoms with van der Waals surface area (Å²) < 4.78 is 12.3. The molecule has 2 unspecified atom stereocenters. The zero-order chi connectivity index (χ0) is 13.8. The van der Waals surface area contributed by atoms with Gasteiger partial charge in [-0.15, -0.1) is 0 Å². The van der Waals surface area contributed by atoms with E-state index in [1.165, 1.54) is 5.56 Å². The van der Waals surface area contributed by atoms with Crippen LogP contribution in [0.25, 0.3) is 0 Å². The van der Waals surface area contributed by atoms with Crippen molar-refractivity contribution in [1.29, 1.82) is 0 Å². The Morgan fingerprint density at radius 3 is 2.95 bits per heavy atom. The summed E-state index contributed by atoms with van der Waals surface area (Å²) in [5, 5.41) is 3.51. The van der Waals surface area contributed by atoms with Crippen molar-refractivity contribution in [3.8, 4) is 5.75 Å². The Bertz CT molecular complexity index is 423. The lowest BCUT2D eigenvalue weighted by Gasteiger charge is -2.22. The number of benzene rings is 1. The maximum absolute atomic E-state index is 5.94. The fraction of sp³-hybridized carbons (Fsp3) is 0.600. The molecule has 1 aliphatic rings. The minimum Gasteiger partial charge on any atom is -0.497 e. The van der Waals surface area contributed by atoms with E-state index in [4.69, 9.17) is 9.47 Å². The Kier molecular flexibility index (Phi) is 5.25. The van der Waals surface area contributed by atoms with Crippen molar-refractivity contribution in [3.05, 3.63) is 28.2 Å². The van der Waals surface area contributed by atoms with Gasteiger partial charge in [0.1, 0.15) is 5.75 Å². The van der Waals surface area contributed by atoms with Crippen LogP contribution in [-0.4, -0.2) is 26.3 Å². The van der Waals surface area contributed by atoms with Crippen LogP contribution >= 0.6 is 15.9 Å². The largest absolute Gasteiger partial charge is 0.497 e. The molecule has 4 heteroatoms. The van der Waals surface area contributed by atoms with Crippen LogP contribution in [-0.2, 0) is 4.74 Å². The summed E-state index contributed by atoms with van der Waals surface area (Å²) in [6, 6.07) is 6.57. The second kappa shape index (κ2) is 6.73. The highest BCUT2D eigenvalue weighted by molar-refractivity contribution is 9.10. The monoisotopic (exact) mass is 327 g/mol. The zero-order valence-corrected chi connectivity index (χ0v) is 13.4. The molecule has 1 fully saturated rings. The lowest BCUT2D eigenvalue weighted by molar-refractivity contribution is 0.0893. The van der Waals surface area contributed by atoms with E-state index in [1.807, 2.05) is 12.1 Å². The first-order valence-corrected chi connectivity index (χ1v) is 7.59. The van der Waals surface area contributed by atoms with Crippen molar-refractivity contribution in [2.24, 2.45) is 5.92 Å². The molecule has 106 valence electrons. The maximum Gasteiger partial charge on any atom is 0.119 e. The fourth-order valence-corrected chi connectivity index (χ4v) is 2.91. The smallest absolute Gasteiger partial charge is 0.119 e. The molecule has 0 saturated carbocycles. The molecule has 0 amide bonds. The van der Waals surface area contributed by atoms with Gasteiger partial charge in [-0.1, -0.05) is 29.8 Å². The Morgan fingerprint density at radius 2 is 2.26 bits per heavy atom. The first kappa shape index (κ1) is 14.8. The third-order valence-corrected chi connectivity index (χ3v) is 4.23. The van der Waals surface area contributed by atoms with Crippen molar-refractivity contribution in [2.45, 2.75) is 32.4 Å². The molecule has 0 aromatic heterocycles. The molecule has 1 N–H and O–H groups in total. The predicted octanol–water partition coefficient (Wildman–Crippen LogP) is 3.53. The van der Waals surface area contributed by atoms with E-state index in [2.05, 4.69) is 41.2 Å². The van der Waals surface area contributed by atoms with Crippen molar-refractivity contribution >= 4 is 15.9 Å². The van der Waals surface area contributed by atoms with Crippen LogP contribution in [0.3, 0.4) is 0 Å². The van der Waals surface area contributed by atoms with Crippen LogP contribution < -0.4 is 10.1 Å². The van der Waals surface area contributed by atoms with Crippen LogP contribution in [0.2, 0.25) is 0 Å². The number of rotatable bonds is 5. The lowest BCUT2D eigenvalue weighted by Crippen LogP contribution is -2.30. The third kappa shape index (κ3) is 3.71. The average Bonchev–Trinajstić information content (AvgIpc) is 2.85. The molecule has 1 aromatic carbocycles. The Labute approximate surface area is 123 Å². The average molecular weight is 328 g/mol. The molecular formula is C15H22BrNO2. The predicted molar refractivity (Wildman–Crippen MR) is 80.6 cm³/mol. The summed E-state index contributed by atoms with van der Waals surface area (Å²) >= 11 is 3.62. The van der Waals surface area contributed by atoms with Crippen molar-refractivity contribution < 1.29 is 9.47 Å². The van der Waals surface area contributed by atoms with Crippen LogP contribution in [0.5, 0.6) is 5.75 Å². The van der Waals surface area contributed by atoms with E-state index < -0.39 is 0 Å². The van der Waals surface area contributed by atoms with Gasteiger partial charge >= 0.3 is 0 Å². The lowest BCUT2D eigenvalue weighted by atomic mass is 9.95. The molecule has 1 aliphatic heterocycles. The number of hydrogen-bond acceptors (Lipinski definition) is 3. The van der Waals surface area contributed by atoms with Gasteiger partial charge in [-0.2, -0.15) is 0 Å². The molecule has 2 atom stereocenters. The molecule has 0 bridgehead atoms. The molecule has 1 saturated heterocycles. The third-order valence-electron chi connectivity index (χ3n) is 3.51. The Morgan fingerprint density at radius 1 is 1.47 bits per heavy atom. The molecule has 0 aliphatic carbocycles. The van der Waals surface area contributed by atoms with E-state index in [1.54, 1.807) is 7.11 Å². The highest BCUT2D eigenvalue weighted by Crippen LogP contribution is 2.39. The van der Waals surface area contributed by atoms with E-state index in [-0.39, 0.29) is 6.10 Å². The second-order valence-corrected chi connectivity index (χ2v) is 6.14. The first-order valence-electron chi connectivity index (χ1n) is 6.80. The summed E-state index contributed by atoms with van der Waals surface area (Å²) in [4.78, 5) is 0. The minimum atomic E-state index is 0.149. The molecule has 19 heavy (non-hydrogen) atoms. The zero-order valence-electron chi connectivity index (χ0n) is 11.8. The summed E-state index contributed by atoms with van der Waals surface area (Å²) in [7, 11) is 1.69. The van der Waals surface area contributed by atoms with Crippen molar-refractivity contribution in [2.75, 3.05) is 20.3 Å². The number of methoxy groups -OCH3 is 1. The number of ether oxygens (including phenoxy) is 2. The topological polar surface area (TPSA) is 30.5 Å². The van der Waals surface area contributed by atoms with E-state index in [9.17, 15) is 0 Å². The fourth-order valence-electron chi connectivity index (χ4n) is 2.44. The number of nitrogens with one attached hydrogen (secondary N) is 1. The second-order valence-electron chi connectivity index (χ2n) is 5.29. The van der Waals surface area contributed by atoms with Crippen LogP contribution in [0, 0.1) is 5.92 Å². The SMILES string of the molecule is COc1ccc(Br)c(C2OCCC2CNC(C)C)c1. The summed E-state index contributed by atoms with van der Waals surface area (Å²) in [6.07, 6.45) is 1.25. The minimum absolute atomic E-state index is 0.149. The van der Waals surface area contributed by atoms with Gasteiger partial charge in [0.25, 0.3) is 0 Å². The standard InChI is InChI=1S/C15H22BrNO2/c1-10(2)17-9-11-6-7-19-15(11)13-8-12(18-3)4-5-14(13)16/h4-5,8,10-11,15,17H,6-7,9H2,1-3H3. The van der Waals surface area contributed by atoms with Crippen molar-refractivity contribution in [3.63, 3.8) is 0 Å². The molecule has 2 rings (SSSR count). The van der Waals surface area contributed by atoms with E-state index >= 15 is 0 Å². The van der Waals surface area contributed by atoms with Gasteiger partial charge in [-0.05, 0) is 30.2 Å². The summed E-state index contributed by atoms with van der Waals surface area (Å²) in [5.41, 5.74) is 1.19. The molecule has 0 radical (unpaired) electrons. The van der Waals surface area contributed by atoms with Crippen molar-refractivity contribution in [1.82, 2.24) is 5.32 Å². The molecular weight excluding hydrogens is 306 g/mol. The van der Waals surface area contributed by atoms with E-state index in [0.29, 0.717) is 12.0 Å². The van der Waals surface area contributed by atoms with Crippen LogP contribution in [0.15, 0.2) is 22.7 Å². The van der Waals surface area contributed by atoms with E-state index in [0.717, 1.165) is 29.8 Å². The van der Waals surface area contributed by atoms with Gasteiger partial charge in [0, 0.05) is 29.6 Å². The maximum atomic E-state index is 5.94. The first-order chi connectivity index (χ1) is 9.11. The summed E-state index contributed by atoms with van der Waals surface area (Å²) in [5.74, 6) is 1.40. The number of halogens is 1. The quantitative estimate of drug-likeness (QED) is 0.897. The molecule has 3 nitrogen and oxygen atoms in total. The molecule has 1 aromatic rings. The highest BCUT2D eigenvalue weighted by Gasteiger charge is 2.31. The van der Waals surface area contributed by atoms with Crippen LogP contribution in [0.1, 0.15) is 31.9 Å². The van der Waals surface area contributed by atoms with Gasteiger partial charge in [0.15, 0.2) is 0 Å². The Balaban J connectivity index is 2.14. The number of hydrogen-bond donors (Lipinski definition) is 1. The molecule has 0 spiro atoms. The van der Waals surface area contributed by atoms with Gasteiger partial charge in [0.2, 0.25) is 0 Å². The molecule has 1 heterocycles.